The van der Waals surface area contributed by atoms with E-state index in [1.54, 1.807) is 12.1 Å². The maximum Gasteiger partial charge on any atom is 0.123 e. The first-order valence-electron chi connectivity index (χ1n) is 6.57. The molecule has 1 aliphatic heterocycles. The molecule has 1 heterocycles. The smallest absolute Gasteiger partial charge is 0.123 e. The highest BCUT2D eigenvalue weighted by Crippen LogP contribution is 2.07. The number of nitrogens with one attached hydrogen (secondary N) is 1. The van der Waals surface area contributed by atoms with Gasteiger partial charge in [0, 0.05) is 32.2 Å². The Morgan fingerprint density at radius 2 is 2.00 bits per heavy atom. The standard InChI is InChI=1S/C14H22FN3/c1-12(10-13-4-3-5-14(15)11-13)16-18-8-6-17(2)7-9-18/h3-5,11-12,16H,6-10H2,1-2H3. The fourth-order valence-corrected chi connectivity index (χ4v) is 2.31. The summed E-state index contributed by atoms with van der Waals surface area (Å²) in [4.78, 5) is 2.33. The Balaban J connectivity index is 1.80. The molecule has 0 saturated carbocycles. The maximum atomic E-state index is 13.1. The van der Waals surface area contributed by atoms with Crippen molar-refractivity contribution < 1.29 is 4.39 Å². The van der Waals surface area contributed by atoms with Crippen molar-refractivity contribution in [2.24, 2.45) is 0 Å². The molecule has 0 aliphatic carbocycles. The molecule has 0 radical (unpaired) electrons. The van der Waals surface area contributed by atoms with Crippen LogP contribution < -0.4 is 5.43 Å². The summed E-state index contributed by atoms with van der Waals surface area (Å²) < 4.78 is 13.1. The molecular weight excluding hydrogens is 229 g/mol. The van der Waals surface area contributed by atoms with Gasteiger partial charge < -0.3 is 4.90 Å². The quantitative estimate of drug-likeness (QED) is 0.875. The number of halogens is 1. The molecule has 100 valence electrons. The lowest BCUT2D eigenvalue weighted by atomic mass is 10.1. The number of nitrogens with zero attached hydrogens (tertiary/aromatic N) is 2. The molecule has 1 unspecified atom stereocenters. The third-order valence-corrected chi connectivity index (χ3v) is 3.34. The molecule has 0 spiro atoms. The van der Waals surface area contributed by atoms with Crippen molar-refractivity contribution in [2.75, 3.05) is 33.2 Å². The van der Waals surface area contributed by atoms with Crippen molar-refractivity contribution in [2.45, 2.75) is 19.4 Å². The summed E-state index contributed by atoms with van der Waals surface area (Å²) >= 11 is 0. The highest BCUT2D eigenvalue weighted by atomic mass is 19.1. The van der Waals surface area contributed by atoms with Crippen molar-refractivity contribution >= 4 is 0 Å². The Bertz CT molecular complexity index is 375. The molecule has 1 aromatic rings. The molecule has 2 rings (SSSR count). The van der Waals surface area contributed by atoms with Crippen LogP contribution in [0.25, 0.3) is 0 Å². The van der Waals surface area contributed by atoms with Crippen LogP contribution in [0.4, 0.5) is 4.39 Å². The predicted molar refractivity (Wildman–Crippen MR) is 71.8 cm³/mol. The van der Waals surface area contributed by atoms with Gasteiger partial charge in [0.05, 0.1) is 0 Å². The second-order valence-electron chi connectivity index (χ2n) is 5.15. The van der Waals surface area contributed by atoms with Crippen LogP contribution >= 0.6 is 0 Å². The van der Waals surface area contributed by atoms with E-state index in [0.29, 0.717) is 6.04 Å². The summed E-state index contributed by atoms with van der Waals surface area (Å²) in [6.07, 6.45) is 0.851. The van der Waals surface area contributed by atoms with Gasteiger partial charge in [-0.2, -0.15) is 0 Å². The first-order chi connectivity index (χ1) is 8.63. The third-order valence-electron chi connectivity index (χ3n) is 3.34. The summed E-state index contributed by atoms with van der Waals surface area (Å²) in [5.41, 5.74) is 4.54. The number of hydrogen-bond donors (Lipinski definition) is 1. The third kappa shape index (κ3) is 4.05. The van der Waals surface area contributed by atoms with E-state index in [1.807, 2.05) is 6.07 Å². The van der Waals surface area contributed by atoms with Gasteiger partial charge in [-0.3, -0.25) is 5.43 Å². The van der Waals surface area contributed by atoms with Crippen molar-refractivity contribution in [3.63, 3.8) is 0 Å². The molecule has 1 aliphatic rings. The van der Waals surface area contributed by atoms with Crippen molar-refractivity contribution in [3.05, 3.63) is 35.6 Å². The minimum atomic E-state index is -0.153. The number of rotatable bonds is 4. The Morgan fingerprint density at radius 1 is 1.28 bits per heavy atom. The SMILES string of the molecule is CC(Cc1cccc(F)c1)NN1CCN(C)CC1. The minimum Gasteiger partial charge on any atom is -0.304 e. The molecule has 1 N–H and O–H groups in total. The van der Waals surface area contributed by atoms with Crippen molar-refractivity contribution in [1.29, 1.82) is 0 Å². The number of likely N-dealkylation sites (N-methyl/N-ethyl adjacent to an activating group) is 1. The monoisotopic (exact) mass is 251 g/mol. The fraction of sp³-hybridized carbons (Fsp3) is 0.571. The van der Waals surface area contributed by atoms with Gasteiger partial charge in [0.15, 0.2) is 0 Å². The molecule has 4 heteroatoms. The molecule has 0 bridgehead atoms. The van der Waals surface area contributed by atoms with Gasteiger partial charge in [-0.05, 0) is 38.1 Å². The fourth-order valence-electron chi connectivity index (χ4n) is 2.31. The minimum absolute atomic E-state index is 0.153. The highest BCUT2D eigenvalue weighted by Gasteiger charge is 2.15. The van der Waals surface area contributed by atoms with E-state index in [9.17, 15) is 4.39 Å². The lowest BCUT2D eigenvalue weighted by molar-refractivity contribution is 0.0899. The summed E-state index contributed by atoms with van der Waals surface area (Å²) in [6.45, 7) is 6.43. The van der Waals surface area contributed by atoms with Gasteiger partial charge in [-0.25, -0.2) is 9.40 Å². The van der Waals surface area contributed by atoms with Crippen LogP contribution in [0.1, 0.15) is 12.5 Å². The Hall–Kier alpha value is -0.970. The Kier molecular flexibility index (Phi) is 4.69. The average molecular weight is 251 g/mol. The van der Waals surface area contributed by atoms with Crippen molar-refractivity contribution in [3.8, 4) is 0 Å². The van der Waals surface area contributed by atoms with E-state index >= 15 is 0 Å². The van der Waals surface area contributed by atoms with Crippen LogP contribution in [0.5, 0.6) is 0 Å². The summed E-state index contributed by atoms with van der Waals surface area (Å²) in [6, 6.07) is 7.18. The largest absolute Gasteiger partial charge is 0.304 e. The summed E-state index contributed by atoms with van der Waals surface area (Å²) in [5.74, 6) is -0.153. The van der Waals surface area contributed by atoms with E-state index < -0.39 is 0 Å². The zero-order valence-corrected chi connectivity index (χ0v) is 11.2. The normalized spacial score (nSPS) is 19.9. The van der Waals surface area contributed by atoms with Crippen LogP contribution in [0, 0.1) is 5.82 Å². The van der Waals surface area contributed by atoms with Gasteiger partial charge in [0.1, 0.15) is 5.82 Å². The zero-order valence-electron chi connectivity index (χ0n) is 11.2. The van der Waals surface area contributed by atoms with E-state index in [4.69, 9.17) is 0 Å². The van der Waals surface area contributed by atoms with Crippen LogP contribution in [-0.2, 0) is 6.42 Å². The topological polar surface area (TPSA) is 18.5 Å². The number of hydrazine groups is 1. The molecule has 1 saturated heterocycles. The lowest BCUT2D eigenvalue weighted by Gasteiger charge is -2.34. The highest BCUT2D eigenvalue weighted by molar-refractivity contribution is 5.17. The van der Waals surface area contributed by atoms with Crippen LogP contribution in [0.3, 0.4) is 0 Å². The van der Waals surface area contributed by atoms with E-state index in [0.717, 1.165) is 38.2 Å². The molecule has 1 aromatic carbocycles. The van der Waals surface area contributed by atoms with Gasteiger partial charge in [0.2, 0.25) is 0 Å². The van der Waals surface area contributed by atoms with Crippen LogP contribution in [0.2, 0.25) is 0 Å². The zero-order chi connectivity index (χ0) is 13.0. The Labute approximate surface area is 109 Å². The van der Waals surface area contributed by atoms with Crippen LogP contribution in [-0.4, -0.2) is 49.2 Å². The number of hydrogen-bond acceptors (Lipinski definition) is 3. The van der Waals surface area contributed by atoms with E-state index in [2.05, 4.69) is 29.3 Å². The summed E-state index contributed by atoms with van der Waals surface area (Å²) in [7, 11) is 2.15. The average Bonchev–Trinajstić information content (AvgIpc) is 2.32. The van der Waals surface area contributed by atoms with Gasteiger partial charge in [-0.1, -0.05) is 12.1 Å². The second-order valence-corrected chi connectivity index (χ2v) is 5.15. The first kappa shape index (κ1) is 13.5. The van der Waals surface area contributed by atoms with Gasteiger partial charge >= 0.3 is 0 Å². The molecule has 0 amide bonds. The second kappa shape index (κ2) is 6.27. The van der Waals surface area contributed by atoms with Gasteiger partial charge in [0.25, 0.3) is 0 Å². The molecule has 0 aromatic heterocycles. The molecule has 18 heavy (non-hydrogen) atoms. The number of benzene rings is 1. The Morgan fingerprint density at radius 3 is 2.67 bits per heavy atom. The van der Waals surface area contributed by atoms with Gasteiger partial charge in [-0.15, -0.1) is 0 Å². The predicted octanol–water partition coefficient (Wildman–Crippen LogP) is 1.51. The summed E-state index contributed by atoms with van der Waals surface area (Å²) in [5, 5.41) is 2.27. The molecule has 3 nitrogen and oxygen atoms in total. The molecule has 1 atom stereocenters. The first-order valence-corrected chi connectivity index (χ1v) is 6.57. The maximum absolute atomic E-state index is 13.1. The molecular formula is C14H22FN3. The van der Waals surface area contributed by atoms with Crippen molar-refractivity contribution in [1.82, 2.24) is 15.3 Å². The van der Waals surface area contributed by atoms with E-state index in [1.165, 1.54) is 6.07 Å². The lowest BCUT2D eigenvalue weighted by Crippen LogP contribution is -2.53. The van der Waals surface area contributed by atoms with Crippen LogP contribution in [0.15, 0.2) is 24.3 Å². The molecule has 1 fully saturated rings. The number of piperazine rings is 1. The van der Waals surface area contributed by atoms with E-state index in [-0.39, 0.29) is 5.82 Å².